The van der Waals surface area contributed by atoms with Crippen LogP contribution in [0, 0.1) is 6.92 Å². The fourth-order valence-corrected chi connectivity index (χ4v) is 3.97. The fourth-order valence-electron chi connectivity index (χ4n) is 3.97. The van der Waals surface area contributed by atoms with Gasteiger partial charge < -0.3 is 14.5 Å². The first-order valence-electron chi connectivity index (χ1n) is 10.1. The second kappa shape index (κ2) is 8.13. The van der Waals surface area contributed by atoms with Gasteiger partial charge in [-0.3, -0.25) is 0 Å². The first kappa shape index (κ1) is 18.1. The minimum atomic E-state index is 0.774. The van der Waals surface area contributed by atoms with Crippen LogP contribution in [0.25, 0.3) is 17.2 Å². The van der Waals surface area contributed by atoms with Crippen molar-refractivity contribution in [2.75, 3.05) is 49.2 Å². The molecular weight excluding hydrogens is 334 g/mol. The smallest absolute Gasteiger partial charge is 0.131 e. The first-order chi connectivity index (χ1) is 13.2. The number of nitrogens with zero attached hydrogens (tertiary/aromatic N) is 3. The number of ether oxygens (including phenoxy) is 1. The molecule has 0 aliphatic carbocycles. The number of hydrogen-bond acceptors (Lipinski definition) is 4. The molecule has 0 radical (unpaired) electrons. The van der Waals surface area contributed by atoms with Gasteiger partial charge in [-0.25, -0.2) is 4.98 Å². The highest BCUT2D eigenvalue weighted by Crippen LogP contribution is 2.32. The van der Waals surface area contributed by atoms with Crippen molar-refractivity contribution >= 4 is 17.7 Å². The van der Waals surface area contributed by atoms with Crippen LogP contribution < -0.4 is 9.80 Å². The van der Waals surface area contributed by atoms with Crippen LogP contribution in [-0.4, -0.2) is 44.4 Å². The van der Waals surface area contributed by atoms with Crippen LogP contribution in [0.2, 0.25) is 0 Å². The number of morpholine rings is 1. The van der Waals surface area contributed by atoms with Crippen LogP contribution >= 0.6 is 0 Å². The lowest BCUT2D eigenvalue weighted by molar-refractivity contribution is 0.122. The van der Waals surface area contributed by atoms with Crippen LogP contribution in [0.5, 0.6) is 0 Å². The number of piperidine rings is 1. The number of hydrogen-bond donors (Lipinski definition) is 0. The highest BCUT2D eigenvalue weighted by molar-refractivity contribution is 5.75. The lowest BCUT2D eigenvalue weighted by atomic mass is 9.98. The molecule has 0 bridgehead atoms. The average molecular weight is 364 g/mol. The number of benzene rings is 1. The highest BCUT2D eigenvalue weighted by atomic mass is 16.5. The standard InChI is InChI=1S/C23H29N3O/c1-3-19-8-7-18(2)21(15-19)20-16-22(25-9-5-4-6-10-25)24-23(17-20)26-11-13-27-14-12-26/h3,7-8,15-17H,1,4-6,9-14H2,2H3. The Balaban J connectivity index is 1.78. The van der Waals surface area contributed by atoms with Gasteiger partial charge in [0.1, 0.15) is 11.6 Å². The van der Waals surface area contributed by atoms with E-state index >= 15 is 0 Å². The van der Waals surface area contributed by atoms with Crippen molar-refractivity contribution in [1.82, 2.24) is 4.98 Å². The summed E-state index contributed by atoms with van der Waals surface area (Å²) in [5.41, 5.74) is 4.94. The van der Waals surface area contributed by atoms with Crippen LogP contribution in [0.3, 0.4) is 0 Å². The molecule has 2 aliphatic rings. The van der Waals surface area contributed by atoms with Crippen LogP contribution in [0.1, 0.15) is 30.4 Å². The molecule has 1 aromatic carbocycles. The van der Waals surface area contributed by atoms with E-state index in [1.54, 1.807) is 0 Å². The third-order valence-corrected chi connectivity index (χ3v) is 5.62. The number of pyridine rings is 1. The van der Waals surface area contributed by atoms with Crippen LogP contribution in [0.15, 0.2) is 36.9 Å². The molecule has 0 N–H and O–H groups in total. The summed E-state index contributed by atoms with van der Waals surface area (Å²) in [5, 5.41) is 0. The highest BCUT2D eigenvalue weighted by Gasteiger charge is 2.19. The van der Waals surface area contributed by atoms with Gasteiger partial charge >= 0.3 is 0 Å². The Bertz CT molecular complexity index is 769. The number of anilines is 2. The largest absolute Gasteiger partial charge is 0.378 e. The predicted octanol–water partition coefficient (Wildman–Crippen LogP) is 4.53. The Hall–Kier alpha value is -2.33. The minimum Gasteiger partial charge on any atom is -0.378 e. The summed E-state index contributed by atoms with van der Waals surface area (Å²) in [6.45, 7) is 11.7. The molecule has 2 aromatic rings. The first-order valence-corrected chi connectivity index (χ1v) is 10.1. The van der Waals surface area contributed by atoms with Gasteiger partial charge in [-0.05, 0) is 66.6 Å². The van der Waals surface area contributed by atoms with E-state index in [1.165, 1.54) is 36.0 Å². The molecule has 0 saturated carbocycles. The molecular formula is C23H29N3O. The van der Waals surface area contributed by atoms with Gasteiger partial charge in [0.25, 0.3) is 0 Å². The summed E-state index contributed by atoms with van der Waals surface area (Å²) < 4.78 is 5.54. The van der Waals surface area contributed by atoms with Crippen LogP contribution in [-0.2, 0) is 4.74 Å². The van der Waals surface area contributed by atoms with Crippen molar-refractivity contribution in [3.63, 3.8) is 0 Å². The van der Waals surface area contributed by atoms with E-state index in [0.717, 1.165) is 56.6 Å². The quantitative estimate of drug-likeness (QED) is 0.798. The van der Waals surface area contributed by atoms with Crippen LogP contribution in [0.4, 0.5) is 11.6 Å². The molecule has 0 unspecified atom stereocenters. The molecule has 27 heavy (non-hydrogen) atoms. The number of rotatable bonds is 4. The van der Waals surface area contributed by atoms with E-state index in [9.17, 15) is 0 Å². The predicted molar refractivity (Wildman–Crippen MR) is 114 cm³/mol. The van der Waals surface area contributed by atoms with Crippen molar-refractivity contribution in [2.45, 2.75) is 26.2 Å². The van der Waals surface area contributed by atoms with Gasteiger partial charge in [0, 0.05) is 26.2 Å². The summed E-state index contributed by atoms with van der Waals surface area (Å²) in [5.74, 6) is 2.18. The van der Waals surface area contributed by atoms with E-state index < -0.39 is 0 Å². The van der Waals surface area contributed by atoms with Gasteiger partial charge in [0.05, 0.1) is 13.2 Å². The maximum absolute atomic E-state index is 5.54. The topological polar surface area (TPSA) is 28.6 Å². The second-order valence-corrected chi connectivity index (χ2v) is 7.50. The minimum absolute atomic E-state index is 0.774. The van der Waals surface area contributed by atoms with E-state index in [2.05, 4.69) is 53.6 Å². The van der Waals surface area contributed by atoms with Gasteiger partial charge in [-0.15, -0.1) is 0 Å². The molecule has 1 aromatic heterocycles. The third kappa shape index (κ3) is 4.01. The van der Waals surface area contributed by atoms with Crippen molar-refractivity contribution in [3.05, 3.63) is 48.0 Å². The summed E-state index contributed by atoms with van der Waals surface area (Å²) in [6.07, 6.45) is 5.75. The monoisotopic (exact) mass is 363 g/mol. The Morgan fingerprint density at radius 1 is 0.926 bits per heavy atom. The summed E-state index contributed by atoms with van der Waals surface area (Å²) in [6, 6.07) is 11.1. The molecule has 0 atom stereocenters. The van der Waals surface area contributed by atoms with Gasteiger partial charge in [0.2, 0.25) is 0 Å². The zero-order valence-corrected chi connectivity index (χ0v) is 16.3. The zero-order chi connectivity index (χ0) is 18.6. The number of aromatic nitrogens is 1. The Kier molecular flexibility index (Phi) is 5.44. The second-order valence-electron chi connectivity index (χ2n) is 7.50. The van der Waals surface area contributed by atoms with E-state index in [4.69, 9.17) is 9.72 Å². The summed E-state index contributed by atoms with van der Waals surface area (Å²) in [7, 11) is 0. The molecule has 4 nitrogen and oxygen atoms in total. The Morgan fingerprint density at radius 3 is 2.26 bits per heavy atom. The molecule has 3 heterocycles. The summed E-state index contributed by atoms with van der Waals surface area (Å²) >= 11 is 0. The van der Waals surface area contributed by atoms with Gasteiger partial charge in [0.15, 0.2) is 0 Å². The maximum atomic E-state index is 5.54. The van der Waals surface area contributed by atoms with E-state index in [0.29, 0.717) is 0 Å². The van der Waals surface area contributed by atoms with E-state index in [-0.39, 0.29) is 0 Å². The molecule has 2 fully saturated rings. The third-order valence-electron chi connectivity index (χ3n) is 5.62. The zero-order valence-electron chi connectivity index (χ0n) is 16.3. The van der Waals surface area contributed by atoms with Gasteiger partial charge in [-0.2, -0.15) is 0 Å². The molecule has 4 rings (SSSR count). The van der Waals surface area contributed by atoms with Crippen molar-refractivity contribution < 1.29 is 4.74 Å². The van der Waals surface area contributed by atoms with Crippen molar-refractivity contribution in [2.24, 2.45) is 0 Å². The Labute approximate surface area is 162 Å². The number of aryl methyl sites for hydroxylation is 1. The lowest BCUT2D eigenvalue weighted by Gasteiger charge is -2.32. The van der Waals surface area contributed by atoms with Gasteiger partial charge in [-0.1, -0.05) is 24.8 Å². The molecule has 2 aliphatic heterocycles. The lowest BCUT2D eigenvalue weighted by Crippen LogP contribution is -2.37. The molecule has 2 saturated heterocycles. The maximum Gasteiger partial charge on any atom is 0.131 e. The van der Waals surface area contributed by atoms with Crippen molar-refractivity contribution in [1.29, 1.82) is 0 Å². The average Bonchev–Trinajstić information content (AvgIpc) is 2.75. The SMILES string of the molecule is C=Cc1ccc(C)c(-c2cc(N3CCCCC3)nc(N3CCOCC3)c2)c1. The summed E-state index contributed by atoms with van der Waals surface area (Å²) in [4.78, 5) is 9.86. The molecule has 0 amide bonds. The van der Waals surface area contributed by atoms with Crippen molar-refractivity contribution in [3.8, 4) is 11.1 Å². The normalized spacial score (nSPS) is 17.8. The molecule has 4 heteroatoms. The molecule has 0 spiro atoms. The fraction of sp³-hybridized carbons (Fsp3) is 0.435. The van der Waals surface area contributed by atoms with E-state index in [1.807, 2.05) is 6.08 Å². The Morgan fingerprint density at radius 2 is 1.59 bits per heavy atom. The molecule has 142 valence electrons.